The number of hydrogen-bond acceptors (Lipinski definition) is 4. The minimum atomic E-state index is -0.603. The highest BCUT2D eigenvalue weighted by atomic mass is 16.6. The zero-order valence-electron chi connectivity index (χ0n) is 15.9. The smallest absolute Gasteiger partial charge is 0.428 e. The van der Waals surface area contributed by atoms with Crippen LogP contribution >= 0.6 is 0 Å². The van der Waals surface area contributed by atoms with Crippen LogP contribution in [0, 0.1) is 17.8 Å². The van der Waals surface area contributed by atoms with Crippen molar-refractivity contribution >= 4 is 17.7 Å². The van der Waals surface area contributed by atoms with Gasteiger partial charge in [0.1, 0.15) is 5.60 Å². The molecule has 0 aliphatic heterocycles. The first-order valence-electron chi connectivity index (χ1n) is 9.46. The fourth-order valence-corrected chi connectivity index (χ4v) is 5.32. The Kier molecular flexibility index (Phi) is 4.82. The molecule has 0 aromatic rings. The van der Waals surface area contributed by atoms with Gasteiger partial charge in [-0.3, -0.25) is 4.79 Å². The van der Waals surface area contributed by atoms with Gasteiger partial charge in [0.2, 0.25) is 5.91 Å². The number of hydrazone groups is 1. The molecule has 0 aromatic heterocycles. The number of carbonyl (C=O) groups is 2. The van der Waals surface area contributed by atoms with E-state index in [0.717, 1.165) is 37.0 Å². The van der Waals surface area contributed by atoms with Crippen LogP contribution < -0.4 is 10.7 Å². The lowest BCUT2D eigenvalue weighted by molar-refractivity contribution is -0.125. The normalized spacial score (nSPS) is 33.9. The van der Waals surface area contributed by atoms with Gasteiger partial charge in [0, 0.05) is 11.3 Å². The monoisotopic (exact) mass is 349 g/mol. The molecular formula is C19H31N3O3. The van der Waals surface area contributed by atoms with E-state index in [1.807, 2.05) is 0 Å². The molecule has 6 heteroatoms. The molecule has 4 aliphatic carbocycles. The minimum Gasteiger partial charge on any atom is -0.443 e. The number of ether oxygens (including phenoxy) is 1. The Morgan fingerprint density at radius 1 is 1.08 bits per heavy atom. The summed E-state index contributed by atoms with van der Waals surface area (Å²) in [6.45, 7) is 7.13. The van der Waals surface area contributed by atoms with E-state index in [4.69, 9.17) is 4.74 Å². The summed E-state index contributed by atoms with van der Waals surface area (Å²) >= 11 is 0. The highest BCUT2D eigenvalue weighted by Crippen LogP contribution is 2.55. The van der Waals surface area contributed by atoms with Crippen molar-refractivity contribution in [3.8, 4) is 0 Å². The Morgan fingerprint density at radius 3 is 2.08 bits per heavy atom. The highest BCUT2D eigenvalue weighted by Gasteiger charge is 2.51. The number of amides is 2. The Balaban J connectivity index is 1.49. The Hall–Kier alpha value is -1.59. The van der Waals surface area contributed by atoms with Gasteiger partial charge in [-0.25, -0.2) is 10.2 Å². The Morgan fingerprint density at radius 2 is 1.60 bits per heavy atom. The molecule has 0 atom stereocenters. The van der Waals surface area contributed by atoms with E-state index in [1.54, 1.807) is 27.7 Å². The maximum atomic E-state index is 12.5. The molecule has 4 rings (SSSR count). The first-order valence-corrected chi connectivity index (χ1v) is 9.46. The topological polar surface area (TPSA) is 79.8 Å². The summed E-state index contributed by atoms with van der Waals surface area (Å²) in [6, 6.07) is 0. The van der Waals surface area contributed by atoms with Crippen LogP contribution in [-0.4, -0.2) is 28.9 Å². The molecule has 0 saturated heterocycles. The first-order chi connectivity index (χ1) is 11.6. The molecule has 2 amide bonds. The molecule has 4 saturated carbocycles. The van der Waals surface area contributed by atoms with Gasteiger partial charge in [0.05, 0.1) is 6.42 Å². The molecule has 4 fully saturated rings. The fourth-order valence-electron chi connectivity index (χ4n) is 5.32. The van der Waals surface area contributed by atoms with Crippen molar-refractivity contribution in [2.45, 2.75) is 83.8 Å². The van der Waals surface area contributed by atoms with Crippen LogP contribution in [0.25, 0.3) is 0 Å². The predicted molar refractivity (Wildman–Crippen MR) is 96.1 cm³/mol. The van der Waals surface area contributed by atoms with Gasteiger partial charge in [-0.15, -0.1) is 0 Å². The maximum absolute atomic E-state index is 12.5. The van der Waals surface area contributed by atoms with Gasteiger partial charge in [-0.05, 0) is 84.0 Å². The second-order valence-electron chi connectivity index (χ2n) is 9.38. The van der Waals surface area contributed by atoms with Crippen LogP contribution in [0.2, 0.25) is 0 Å². The molecule has 0 aromatic carbocycles. The molecule has 0 heterocycles. The van der Waals surface area contributed by atoms with Crippen LogP contribution in [0.3, 0.4) is 0 Å². The second-order valence-corrected chi connectivity index (χ2v) is 9.38. The number of nitrogens with zero attached hydrogens (tertiary/aromatic N) is 1. The lowest BCUT2D eigenvalue weighted by Gasteiger charge is -2.56. The summed E-state index contributed by atoms with van der Waals surface area (Å²) in [6.07, 6.45) is 7.08. The number of hydrogen-bond donors (Lipinski definition) is 2. The van der Waals surface area contributed by atoms with Crippen molar-refractivity contribution in [1.82, 2.24) is 10.7 Å². The van der Waals surface area contributed by atoms with E-state index >= 15 is 0 Å². The minimum absolute atomic E-state index is 0.00851. The van der Waals surface area contributed by atoms with Gasteiger partial charge in [0.25, 0.3) is 0 Å². The van der Waals surface area contributed by atoms with Gasteiger partial charge in [0.15, 0.2) is 0 Å². The van der Waals surface area contributed by atoms with Crippen LogP contribution in [0.1, 0.15) is 72.6 Å². The van der Waals surface area contributed by atoms with Crippen molar-refractivity contribution in [2.24, 2.45) is 22.9 Å². The van der Waals surface area contributed by atoms with E-state index in [1.165, 1.54) is 19.3 Å². The number of rotatable bonds is 4. The zero-order chi connectivity index (χ0) is 18.2. The van der Waals surface area contributed by atoms with Crippen LogP contribution in [0.4, 0.5) is 4.79 Å². The molecule has 0 spiro atoms. The van der Waals surface area contributed by atoms with Crippen molar-refractivity contribution < 1.29 is 14.3 Å². The van der Waals surface area contributed by atoms with E-state index < -0.39 is 11.7 Å². The molecule has 0 radical (unpaired) electrons. The third-order valence-corrected chi connectivity index (χ3v) is 5.60. The quantitative estimate of drug-likeness (QED) is 0.603. The van der Waals surface area contributed by atoms with Crippen LogP contribution in [-0.2, 0) is 9.53 Å². The zero-order valence-corrected chi connectivity index (χ0v) is 15.9. The Bertz CT molecular complexity index is 542. The average Bonchev–Trinajstić information content (AvgIpc) is 2.40. The molecule has 4 bridgehead atoms. The first kappa shape index (κ1) is 18.2. The van der Waals surface area contributed by atoms with Crippen molar-refractivity contribution in [2.75, 3.05) is 0 Å². The number of carbonyl (C=O) groups excluding carboxylic acids is 2. The number of nitrogens with one attached hydrogen (secondary N) is 2. The van der Waals surface area contributed by atoms with Gasteiger partial charge in [-0.2, -0.15) is 5.10 Å². The third kappa shape index (κ3) is 4.73. The maximum Gasteiger partial charge on any atom is 0.428 e. The lowest BCUT2D eigenvalue weighted by atomic mass is 9.53. The van der Waals surface area contributed by atoms with E-state index in [-0.39, 0.29) is 17.9 Å². The SMILES string of the molecule is CC(CC(=O)NC12CC3CC(CC(C3)C1)C2)=NNC(=O)OC(C)(C)C. The van der Waals surface area contributed by atoms with E-state index in [9.17, 15) is 9.59 Å². The lowest BCUT2D eigenvalue weighted by Crippen LogP contribution is -2.60. The van der Waals surface area contributed by atoms with Gasteiger partial charge in [-0.1, -0.05) is 0 Å². The summed E-state index contributed by atoms with van der Waals surface area (Å²) in [4.78, 5) is 24.1. The molecule has 0 unspecified atom stereocenters. The summed E-state index contributed by atoms with van der Waals surface area (Å²) in [5.41, 5.74) is 2.38. The standard InChI is InChI=1S/C19H31N3O3/c1-12(21-22-17(24)25-18(2,3)4)5-16(23)20-19-9-13-6-14(10-19)8-15(7-13)11-19/h13-15H,5-11H2,1-4H3,(H,20,23)(H,22,24). The second kappa shape index (κ2) is 6.61. The van der Waals surface area contributed by atoms with Crippen molar-refractivity contribution in [1.29, 1.82) is 0 Å². The summed E-state index contributed by atoms with van der Waals surface area (Å²) in [5, 5.41) is 7.29. The highest BCUT2D eigenvalue weighted by molar-refractivity contribution is 6.00. The predicted octanol–water partition coefficient (Wildman–Crippen LogP) is 3.36. The molecule has 6 nitrogen and oxygen atoms in total. The molecular weight excluding hydrogens is 318 g/mol. The molecule has 2 N–H and O–H groups in total. The molecule has 4 aliphatic rings. The van der Waals surface area contributed by atoms with E-state index in [2.05, 4.69) is 15.8 Å². The molecule has 140 valence electrons. The summed E-state index contributed by atoms with van der Waals surface area (Å²) in [5.74, 6) is 2.41. The van der Waals surface area contributed by atoms with Crippen LogP contribution in [0.5, 0.6) is 0 Å². The average molecular weight is 349 g/mol. The summed E-state index contributed by atoms with van der Waals surface area (Å²) < 4.78 is 5.13. The van der Waals surface area contributed by atoms with E-state index in [0.29, 0.717) is 5.71 Å². The van der Waals surface area contributed by atoms with Gasteiger partial charge >= 0.3 is 6.09 Å². The largest absolute Gasteiger partial charge is 0.443 e. The molecule has 25 heavy (non-hydrogen) atoms. The Labute approximate surface area is 150 Å². The summed E-state index contributed by atoms with van der Waals surface area (Å²) in [7, 11) is 0. The van der Waals surface area contributed by atoms with Crippen molar-refractivity contribution in [3.05, 3.63) is 0 Å². The van der Waals surface area contributed by atoms with Crippen molar-refractivity contribution in [3.63, 3.8) is 0 Å². The van der Waals surface area contributed by atoms with Crippen LogP contribution in [0.15, 0.2) is 5.10 Å². The fraction of sp³-hybridized carbons (Fsp3) is 0.842. The van der Waals surface area contributed by atoms with Gasteiger partial charge < -0.3 is 10.1 Å². The third-order valence-electron chi connectivity index (χ3n) is 5.60.